The second-order valence-electron chi connectivity index (χ2n) is 1.17. The maximum absolute atomic E-state index is 10.5. The summed E-state index contributed by atoms with van der Waals surface area (Å²) in [6.07, 6.45) is 1.56. The third-order valence-electron chi connectivity index (χ3n) is 0.598. The zero-order chi connectivity index (χ0) is 5.98. The van der Waals surface area contributed by atoms with Crippen molar-refractivity contribution in [2.45, 2.75) is 5.16 Å². The molecular formula is C3H4N2OS2. The first-order valence-corrected chi connectivity index (χ1v) is 4.30. The van der Waals surface area contributed by atoms with Crippen LogP contribution in [0.1, 0.15) is 0 Å². The summed E-state index contributed by atoms with van der Waals surface area (Å²) in [6.45, 7) is 0. The predicted molar refractivity (Wildman–Crippen MR) is 32.2 cm³/mol. The van der Waals surface area contributed by atoms with E-state index in [1.54, 1.807) is 11.8 Å². The van der Waals surface area contributed by atoms with Crippen LogP contribution in [0.5, 0.6) is 0 Å². The molecule has 0 N–H and O–H groups in total. The SMILES string of the molecule is CS(=O)c1ncsn1. The molecule has 3 nitrogen and oxygen atoms in total. The molecule has 0 saturated heterocycles. The number of rotatable bonds is 1. The lowest BCUT2D eigenvalue weighted by Crippen LogP contribution is -1.87. The molecule has 0 fully saturated rings. The highest BCUT2D eigenvalue weighted by Gasteiger charge is 1.97. The van der Waals surface area contributed by atoms with E-state index in [1.807, 2.05) is 0 Å². The van der Waals surface area contributed by atoms with Crippen LogP contribution in [0.3, 0.4) is 0 Å². The van der Waals surface area contributed by atoms with Crippen molar-refractivity contribution >= 4 is 22.3 Å². The summed E-state index contributed by atoms with van der Waals surface area (Å²) in [5, 5.41) is 0.426. The Kier molecular flexibility index (Phi) is 1.69. The summed E-state index contributed by atoms with van der Waals surface area (Å²) in [5.74, 6) is 0. The molecule has 8 heavy (non-hydrogen) atoms. The van der Waals surface area contributed by atoms with E-state index in [0.717, 1.165) is 0 Å². The number of hydrogen-bond acceptors (Lipinski definition) is 4. The molecule has 1 rings (SSSR count). The minimum atomic E-state index is -1.01. The summed E-state index contributed by atoms with van der Waals surface area (Å²) < 4.78 is 14.2. The molecule has 0 aromatic carbocycles. The van der Waals surface area contributed by atoms with Crippen molar-refractivity contribution in [1.29, 1.82) is 0 Å². The van der Waals surface area contributed by atoms with Crippen LogP contribution in [-0.2, 0) is 10.8 Å². The zero-order valence-corrected chi connectivity index (χ0v) is 5.83. The monoisotopic (exact) mass is 148 g/mol. The molecule has 0 saturated carbocycles. The molecule has 0 aliphatic rings. The molecular weight excluding hydrogens is 144 g/mol. The molecule has 5 heteroatoms. The van der Waals surface area contributed by atoms with Crippen LogP contribution < -0.4 is 0 Å². The van der Waals surface area contributed by atoms with Crippen molar-refractivity contribution in [3.05, 3.63) is 5.51 Å². The third-order valence-corrected chi connectivity index (χ3v) is 1.90. The summed E-state index contributed by atoms with van der Waals surface area (Å²) in [4.78, 5) is 3.72. The largest absolute Gasteiger partial charge is 0.251 e. The van der Waals surface area contributed by atoms with Gasteiger partial charge in [-0.25, -0.2) is 4.98 Å². The number of nitrogens with zero attached hydrogens (tertiary/aromatic N) is 2. The van der Waals surface area contributed by atoms with Crippen LogP contribution in [-0.4, -0.2) is 19.8 Å². The molecule has 0 bridgehead atoms. The molecule has 1 aromatic heterocycles. The van der Waals surface area contributed by atoms with E-state index in [9.17, 15) is 4.21 Å². The Morgan fingerprint density at radius 3 is 2.88 bits per heavy atom. The summed E-state index contributed by atoms with van der Waals surface area (Å²) in [6, 6.07) is 0. The molecule has 44 valence electrons. The molecule has 0 amide bonds. The van der Waals surface area contributed by atoms with Crippen LogP contribution in [0.25, 0.3) is 0 Å². The van der Waals surface area contributed by atoms with Crippen molar-refractivity contribution < 1.29 is 4.21 Å². The topological polar surface area (TPSA) is 42.9 Å². The van der Waals surface area contributed by atoms with Gasteiger partial charge in [-0.2, -0.15) is 4.37 Å². The Hall–Kier alpha value is -0.290. The molecule has 0 aliphatic carbocycles. The highest BCUT2D eigenvalue weighted by Crippen LogP contribution is 1.96. The van der Waals surface area contributed by atoms with Gasteiger partial charge in [-0.3, -0.25) is 4.21 Å². The number of aromatic nitrogens is 2. The molecule has 1 aromatic rings. The van der Waals surface area contributed by atoms with E-state index >= 15 is 0 Å². The first-order chi connectivity index (χ1) is 3.80. The van der Waals surface area contributed by atoms with Crippen molar-refractivity contribution in [2.24, 2.45) is 0 Å². The van der Waals surface area contributed by atoms with E-state index in [2.05, 4.69) is 9.36 Å². The molecule has 0 spiro atoms. The molecule has 0 radical (unpaired) electrons. The van der Waals surface area contributed by atoms with E-state index in [0.29, 0.717) is 5.16 Å². The van der Waals surface area contributed by atoms with Gasteiger partial charge in [-0.1, -0.05) is 0 Å². The van der Waals surface area contributed by atoms with Gasteiger partial charge in [0.1, 0.15) is 5.51 Å². The van der Waals surface area contributed by atoms with Gasteiger partial charge in [0, 0.05) is 6.26 Å². The number of hydrogen-bond donors (Lipinski definition) is 0. The van der Waals surface area contributed by atoms with E-state index in [4.69, 9.17) is 0 Å². The van der Waals surface area contributed by atoms with E-state index < -0.39 is 10.8 Å². The normalized spacial score (nSPS) is 13.6. The Morgan fingerprint density at radius 2 is 2.62 bits per heavy atom. The van der Waals surface area contributed by atoms with Crippen LogP contribution >= 0.6 is 11.5 Å². The third kappa shape index (κ3) is 1.10. The Morgan fingerprint density at radius 1 is 1.88 bits per heavy atom. The van der Waals surface area contributed by atoms with Gasteiger partial charge in [0.2, 0.25) is 5.16 Å². The van der Waals surface area contributed by atoms with E-state index in [-0.39, 0.29) is 0 Å². The van der Waals surface area contributed by atoms with Gasteiger partial charge in [0.15, 0.2) is 0 Å². The zero-order valence-electron chi connectivity index (χ0n) is 4.20. The summed E-state index contributed by atoms with van der Waals surface area (Å²) in [5.41, 5.74) is 1.57. The highest BCUT2D eigenvalue weighted by atomic mass is 32.2. The second-order valence-corrected chi connectivity index (χ2v) is 3.05. The quantitative estimate of drug-likeness (QED) is 0.574. The van der Waals surface area contributed by atoms with Gasteiger partial charge >= 0.3 is 0 Å². The average molecular weight is 148 g/mol. The summed E-state index contributed by atoms with van der Waals surface area (Å²) >= 11 is 1.21. The Balaban J connectivity index is 2.93. The van der Waals surface area contributed by atoms with Crippen molar-refractivity contribution in [3.63, 3.8) is 0 Å². The minimum Gasteiger partial charge on any atom is -0.251 e. The minimum absolute atomic E-state index is 0.426. The first-order valence-electron chi connectivity index (χ1n) is 1.90. The van der Waals surface area contributed by atoms with Gasteiger partial charge in [-0.05, 0) is 11.5 Å². The maximum atomic E-state index is 10.5. The van der Waals surface area contributed by atoms with Gasteiger partial charge in [-0.15, -0.1) is 0 Å². The van der Waals surface area contributed by atoms with Crippen LogP contribution in [0.15, 0.2) is 10.7 Å². The molecule has 0 aliphatic heterocycles. The Labute approximate surface area is 53.4 Å². The predicted octanol–water partition coefficient (Wildman–Crippen LogP) is 0.276. The lowest BCUT2D eigenvalue weighted by atomic mass is 11.3. The van der Waals surface area contributed by atoms with Crippen LogP contribution in [0.4, 0.5) is 0 Å². The smallest absolute Gasteiger partial charge is 0.230 e. The van der Waals surface area contributed by atoms with Crippen LogP contribution in [0, 0.1) is 0 Å². The standard InChI is InChI=1S/C3H4N2OS2/c1-8(6)3-4-2-7-5-3/h2H,1H3. The lowest BCUT2D eigenvalue weighted by Gasteiger charge is -1.78. The average Bonchev–Trinajstić information content (AvgIpc) is 2.12. The lowest BCUT2D eigenvalue weighted by molar-refractivity contribution is 0.682. The van der Waals surface area contributed by atoms with Gasteiger partial charge < -0.3 is 0 Å². The maximum Gasteiger partial charge on any atom is 0.230 e. The fourth-order valence-corrected chi connectivity index (χ4v) is 1.44. The van der Waals surface area contributed by atoms with Crippen molar-refractivity contribution in [2.75, 3.05) is 6.26 Å². The first kappa shape index (κ1) is 5.84. The van der Waals surface area contributed by atoms with E-state index in [1.165, 1.54) is 11.5 Å². The Bertz CT molecular complexity index is 183. The molecule has 1 unspecified atom stereocenters. The highest BCUT2D eigenvalue weighted by molar-refractivity contribution is 7.84. The van der Waals surface area contributed by atoms with Crippen LogP contribution in [0.2, 0.25) is 0 Å². The summed E-state index contributed by atoms with van der Waals surface area (Å²) in [7, 11) is -1.01. The van der Waals surface area contributed by atoms with Gasteiger partial charge in [0.05, 0.1) is 10.8 Å². The van der Waals surface area contributed by atoms with Crippen molar-refractivity contribution in [3.8, 4) is 0 Å². The second kappa shape index (κ2) is 2.32. The van der Waals surface area contributed by atoms with Crippen molar-refractivity contribution in [1.82, 2.24) is 9.36 Å². The van der Waals surface area contributed by atoms with Gasteiger partial charge in [0.25, 0.3) is 0 Å². The fraction of sp³-hybridized carbons (Fsp3) is 0.333. The molecule has 1 heterocycles. The fourth-order valence-electron chi connectivity index (χ4n) is 0.288. The molecule has 1 atom stereocenters.